The molecule has 1 aliphatic heterocycles. The number of carbonyl (C=O) groups excluding carboxylic acids is 2. The average molecular weight is 312 g/mol. The summed E-state index contributed by atoms with van der Waals surface area (Å²) in [6.07, 6.45) is 1.96. The normalized spacial score (nSPS) is 15.7. The number of anilines is 1. The second-order valence-electron chi connectivity index (χ2n) is 4.92. The molecule has 116 valence electrons. The average Bonchev–Trinajstić information content (AvgIpc) is 2.86. The van der Waals surface area contributed by atoms with Gasteiger partial charge in [-0.25, -0.2) is 4.79 Å². The van der Waals surface area contributed by atoms with E-state index in [1.165, 1.54) is 18.4 Å². The highest BCUT2D eigenvalue weighted by Crippen LogP contribution is 2.28. The third kappa shape index (κ3) is 4.26. The van der Waals surface area contributed by atoms with Crippen molar-refractivity contribution in [3.8, 4) is 0 Å². The van der Waals surface area contributed by atoms with Gasteiger partial charge in [0, 0.05) is 0 Å². The maximum absolute atomic E-state index is 12.0. The minimum atomic E-state index is -0.442. The molecule has 2 N–H and O–H groups in total. The van der Waals surface area contributed by atoms with Gasteiger partial charge in [0.1, 0.15) is 11.5 Å². The molecule has 0 aliphatic carbocycles. The first-order chi connectivity index (χ1) is 10.1. The molecule has 0 bridgehead atoms. The lowest BCUT2D eigenvalue weighted by molar-refractivity contribution is -0.123. The monoisotopic (exact) mass is 312 g/mol. The van der Waals surface area contributed by atoms with Crippen LogP contribution in [0.15, 0.2) is 5.38 Å². The van der Waals surface area contributed by atoms with E-state index in [1.807, 2.05) is 12.3 Å². The summed E-state index contributed by atoms with van der Waals surface area (Å²) in [7, 11) is 1.32. The molecular formula is C14H20N2O4S. The van der Waals surface area contributed by atoms with Crippen molar-refractivity contribution in [3.63, 3.8) is 0 Å². The molecule has 0 spiro atoms. The summed E-state index contributed by atoms with van der Waals surface area (Å²) in [6.45, 7) is 3.68. The molecule has 0 aromatic carbocycles. The molecule has 1 saturated heterocycles. The number of hydrogen-bond acceptors (Lipinski definition) is 6. The number of ether oxygens (including phenoxy) is 2. The third-order valence-electron chi connectivity index (χ3n) is 3.35. The van der Waals surface area contributed by atoms with Gasteiger partial charge >= 0.3 is 5.97 Å². The topological polar surface area (TPSA) is 76.7 Å². The Morgan fingerprint density at radius 1 is 1.43 bits per heavy atom. The number of esters is 1. The second kappa shape index (κ2) is 7.53. The zero-order chi connectivity index (χ0) is 15.2. The van der Waals surface area contributed by atoms with Gasteiger partial charge in [0.05, 0.1) is 18.9 Å². The molecule has 2 heterocycles. The summed E-state index contributed by atoms with van der Waals surface area (Å²) in [5.74, 6) is -0.692. The standard InChI is InChI=1S/C14H20N2O4S/c1-9-8-21-13(14(18)19-2)12(9)16-11(17)7-20-10-3-5-15-6-4-10/h8,10,15H,3-7H2,1-2H3,(H,16,17). The Kier molecular flexibility index (Phi) is 5.72. The van der Waals surface area contributed by atoms with E-state index < -0.39 is 5.97 Å². The molecule has 0 unspecified atom stereocenters. The predicted octanol–water partition coefficient (Wildman–Crippen LogP) is 1.55. The van der Waals surface area contributed by atoms with Gasteiger partial charge in [-0.3, -0.25) is 4.79 Å². The van der Waals surface area contributed by atoms with Gasteiger partial charge in [-0.1, -0.05) is 0 Å². The minimum Gasteiger partial charge on any atom is -0.465 e. The van der Waals surface area contributed by atoms with E-state index in [-0.39, 0.29) is 18.6 Å². The predicted molar refractivity (Wildman–Crippen MR) is 80.9 cm³/mol. The van der Waals surface area contributed by atoms with E-state index in [0.717, 1.165) is 31.5 Å². The quantitative estimate of drug-likeness (QED) is 0.807. The zero-order valence-electron chi connectivity index (χ0n) is 12.2. The first kappa shape index (κ1) is 15.9. The number of aryl methyl sites for hydroxylation is 1. The van der Waals surface area contributed by atoms with Crippen molar-refractivity contribution in [3.05, 3.63) is 15.8 Å². The van der Waals surface area contributed by atoms with Crippen molar-refractivity contribution in [2.24, 2.45) is 0 Å². The van der Waals surface area contributed by atoms with Crippen LogP contribution in [0.5, 0.6) is 0 Å². The molecule has 2 rings (SSSR count). The highest BCUT2D eigenvalue weighted by Gasteiger charge is 2.20. The van der Waals surface area contributed by atoms with Gasteiger partial charge in [0.2, 0.25) is 5.91 Å². The summed E-state index contributed by atoms with van der Waals surface area (Å²) >= 11 is 1.26. The third-order valence-corrected chi connectivity index (χ3v) is 4.42. The van der Waals surface area contributed by atoms with Gasteiger partial charge < -0.3 is 20.1 Å². The van der Waals surface area contributed by atoms with Crippen LogP contribution in [0.2, 0.25) is 0 Å². The molecule has 21 heavy (non-hydrogen) atoms. The summed E-state index contributed by atoms with van der Waals surface area (Å²) in [4.78, 5) is 24.0. The number of amides is 1. The van der Waals surface area contributed by atoms with Crippen molar-refractivity contribution in [1.82, 2.24) is 5.32 Å². The van der Waals surface area contributed by atoms with Crippen LogP contribution in [0, 0.1) is 6.92 Å². The van der Waals surface area contributed by atoms with Gasteiger partial charge in [-0.05, 0) is 43.8 Å². The summed E-state index contributed by atoms with van der Waals surface area (Å²) in [5, 5.41) is 7.80. The first-order valence-corrected chi connectivity index (χ1v) is 7.78. The molecule has 1 aromatic heterocycles. The zero-order valence-corrected chi connectivity index (χ0v) is 13.0. The molecule has 1 amide bonds. The van der Waals surface area contributed by atoms with E-state index >= 15 is 0 Å². The van der Waals surface area contributed by atoms with Crippen molar-refractivity contribution in [2.75, 3.05) is 32.1 Å². The van der Waals surface area contributed by atoms with Crippen molar-refractivity contribution in [1.29, 1.82) is 0 Å². The number of rotatable bonds is 5. The highest BCUT2D eigenvalue weighted by atomic mass is 32.1. The molecule has 0 saturated carbocycles. The maximum atomic E-state index is 12.0. The van der Waals surface area contributed by atoms with Crippen LogP contribution >= 0.6 is 11.3 Å². The van der Waals surface area contributed by atoms with E-state index in [2.05, 4.69) is 10.6 Å². The van der Waals surface area contributed by atoms with E-state index in [0.29, 0.717) is 10.6 Å². The SMILES string of the molecule is COC(=O)c1scc(C)c1NC(=O)COC1CCNCC1. The van der Waals surface area contributed by atoms with Gasteiger partial charge in [-0.15, -0.1) is 11.3 Å². The minimum absolute atomic E-state index is 0.000561. The van der Waals surface area contributed by atoms with Crippen LogP contribution in [0.4, 0.5) is 5.69 Å². The van der Waals surface area contributed by atoms with Crippen LogP contribution in [0.25, 0.3) is 0 Å². The molecule has 1 aliphatic rings. The number of piperidine rings is 1. The summed E-state index contributed by atoms with van der Waals surface area (Å²) in [6, 6.07) is 0. The van der Waals surface area contributed by atoms with Crippen molar-refractivity contribution in [2.45, 2.75) is 25.9 Å². The summed E-state index contributed by atoms with van der Waals surface area (Å²) < 4.78 is 10.3. The number of nitrogens with one attached hydrogen (secondary N) is 2. The van der Waals surface area contributed by atoms with Crippen LogP contribution in [0.1, 0.15) is 28.1 Å². The Hall–Kier alpha value is -1.44. The second-order valence-corrected chi connectivity index (χ2v) is 5.80. The highest BCUT2D eigenvalue weighted by molar-refractivity contribution is 7.12. The Morgan fingerprint density at radius 3 is 2.81 bits per heavy atom. The van der Waals surface area contributed by atoms with Crippen LogP contribution < -0.4 is 10.6 Å². The number of carbonyl (C=O) groups is 2. The molecule has 1 aromatic rings. The largest absolute Gasteiger partial charge is 0.465 e. The number of hydrogen-bond donors (Lipinski definition) is 2. The lowest BCUT2D eigenvalue weighted by Crippen LogP contribution is -2.34. The molecule has 7 heteroatoms. The summed E-state index contributed by atoms with van der Waals surface area (Å²) in [5.41, 5.74) is 1.36. The van der Waals surface area contributed by atoms with Crippen LogP contribution in [0.3, 0.4) is 0 Å². The van der Waals surface area contributed by atoms with Crippen molar-refractivity contribution >= 4 is 28.9 Å². The Labute approximate surface area is 127 Å². The van der Waals surface area contributed by atoms with E-state index in [9.17, 15) is 9.59 Å². The first-order valence-electron chi connectivity index (χ1n) is 6.90. The molecular weight excluding hydrogens is 292 g/mol. The fourth-order valence-corrected chi connectivity index (χ4v) is 3.10. The fourth-order valence-electron chi connectivity index (χ4n) is 2.17. The molecule has 0 atom stereocenters. The molecule has 0 radical (unpaired) electrons. The maximum Gasteiger partial charge on any atom is 0.350 e. The van der Waals surface area contributed by atoms with Gasteiger partial charge in [0.15, 0.2) is 0 Å². The smallest absolute Gasteiger partial charge is 0.350 e. The lowest BCUT2D eigenvalue weighted by atomic mass is 10.1. The lowest BCUT2D eigenvalue weighted by Gasteiger charge is -2.22. The Balaban J connectivity index is 1.90. The van der Waals surface area contributed by atoms with E-state index in [4.69, 9.17) is 9.47 Å². The Bertz CT molecular complexity index is 509. The van der Waals surface area contributed by atoms with Gasteiger partial charge in [0.25, 0.3) is 0 Å². The number of methoxy groups -OCH3 is 1. The number of thiophene rings is 1. The molecule has 6 nitrogen and oxygen atoms in total. The fraction of sp³-hybridized carbons (Fsp3) is 0.571. The van der Waals surface area contributed by atoms with Crippen LogP contribution in [-0.4, -0.2) is 44.8 Å². The van der Waals surface area contributed by atoms with Gasteiger partial charge in [-0.2, -0.15) is 0 Å². The Morgan fingerprint density at radius 2 is 2.14 bits per heavy atom. The van der Waals surface area contributed by atoms with Crippen LogP contribution in [-0.2, 0) is 14.3 Å². The van der Waals surface area contributed by atoms with Crippen molar-refractivity contribution < 1.29 is 19.1 Å². The van der Waals surface area contributed by atoms with E-state index in [1.54, 1.807) is 0 Å². The molecule has 1 fully saturated rings.